The minimum absolute atomic E-state index is 0.380. The van der Waals surface area contributed by atoms with Crippen LogP contribution >= 0.6 is 0 Å². The molecular formula is C14H19N3O. The van der Waals surface area contributed by atoms with Gasteiger partial charge < -0.3 is 15.4 Å². The second-order valence-corrected chi connectivity index (χ2v) is 4.53. The smallest absolute Gasteiger partial charge is 0.0992 e. The van der Waals surface area contributed by atoms with E-state index in [0.29, 0.717) is 17.4 Å². The van der Waals surface area contributed by atoms with Gasteiger partial charge in [-0.15, -0.1) is 0 Å². The number of nitrogens with zero attached hydrogens (tertiary/aromatic N) is 2. The van der Waals surface area contributed by atoms with Gasteiger partial charge in [-0.05, 0) is 38.0 Å². The molecule has 0 aromatic heterocycles. The number of nitrogen functional groups attached to an aromatic ring is 1. The first-order valence-corrected chi connectivity index (χ1v) is 6.40. The van der Waals surface area contributed by atoms with E-state index in [1.54, 1.807) is 6.07 Å². The van der Waals surface area contributed by atoms with Crippen LogP contribution in [0.15, 0.2) is 18.2 Å². The van der Waals surface area contributed by atoms with Crippen molar-refractivity contribution in [3.05, 3.63) is 23.8 Å². The van der Waals surface area contributed by atoms with Crippen molar-refractivity contribution in [2.45, 2.75) is 25.9 Å². The van der Waals surface area contributed by atoms with Gasteiger partial charge in [-0.2, -0.15) is 5.26 Å². The van der Waals surface area contributed by atoms with Gasteiger partial charge in [0.1, 0.15) is 0 Å². The van der Waals surface area contributed by atoms with Crippen LogP contribution in [0.25, 0.3) is 0 Å². The Hall–Kier alpha value is -1.73. The number of nitrogens with two attached hydrogens (primary N) is 1. The highest BCUT2D eigenvalue weighted by Crippen LogP contribution is 2.27. The number of nitriles is 1. The summed E-state index contributed by atoms with van der Waals surface area (Å²) in [5.74, 6) is 0. The SMILES string of the molecule is CCOC1CCN(c2ccc(C#N)cc2N)CC1. The van der Waals surface area contributed by atoms with Gasteiger partial charge in [-0.25, -0.2) is 0 Å². The Labute approximate surface area is 108 Å². The summed E-state index contributed by atoms with van der Waals surface area (Å²) < 4.78 is 5.63. The van der Waals surface area contributed by atoms with E-state index in [0.717, 1.165) is 38.2 Å². The number of ether oxygens (including phenoxy) is 1. The third-order valence-electron chi connectivity index (χ3n) is 3.34. The normalized spacial score (nSPS) is 16.6. The van der Waals surface area contributed by atoms with Gasteiger partial charge in [0.2, 0.25) is 0 Å². The van der Waals surface area contributed by atoms with Crippen LogP contribution in [0.5, 0.6) is 0 Å². The fourth-order valence-electron chi connectivity index (χ4n) is 2.41. The number of benzene rings is 1. The molecule has 4 heteroatoms. The van der Waals surface area contributed by atoms with E-state index in [1.165, 1.54) is 0 Å². The second-order valence-electron chi connectivity index (χ2n) is 4.53. The number of hydrogen-bond acceptors (Lipinski definition) is 4. The number of rotatable bonds is 3. The summed E-state index contributed by atoms with van der Waals surface area (Å²) in [7, 11) is 0. The maximum atomic E-state index is 8.82. The van der Waals surface area contributed by atoms with E-state index < -0.39 is 0 Å². The molecule has 0 spiro atoms. The molecule has 1 aliphatic heterocycles. The third-order valence-corrected chi connectivity index (χ3v) is 3.34. The fourth-order valence-corrected chi connectivity index (χ4v) is 2.41. The highest BCUT2D eigenvalue weighted by molar-refractivity contribution is 5.69. The Morgan fingerprint density at radius 3 is 2.72 bits per heavy atom. The first-order chi connectivity index (χ1) is 8.74. The molecule has 18 heavy (non-hydrogen) atoms. The predicted molar refractivity (Wildman–Crippen MR) is 72.4 cm³/mol. The molecule has 1 aromatic carbocycles. The van der Waals surface area contributed by atoms with Crippen LogP contribution < -0.4 is 10.6 Å². The average molecular weight is 245 g/mol. The molecule has 96 valence electrons. The van der Waals surface area contributed by atoms with Crippen molar-refractivity contribution >= 4 is 11.4 Å². The molecule has 1 heterocycles. The molecule has 4 nitrogen and oxygen atoms in total. The van der Waals surface area contributed by atoms with Crippen LogP contribution in [0.4, 0.5) is 11.4 Å². The summed E-state index contributed by atoms with van der Waals surface area (Å²) in [6.45, 7) is 4.73. The Bertz CT molecular complexity index is 445. The van der Waals surface area contributed by atoms with Crippen molar-refractivity contribution in [1.29, 1.82) is 5.26 Å². The predicted octanol–water partition coefficient (Wildman–Crippen LogP) is 2.15. The van der Waals surface area contributed by atoms with E-state index in [9.17, 15) is 0 Å². The molecule has 0 amide bonds. The topological polar surface area (TPSA) is 62.3 Å². The summed E-state index contributed by atoms with van der Waals surface area (Å²) >= 11 is 0. The lowest BCUT2D eigenvalue weighted by atomic mass is 10.1. The standard InChI is InChI=1S/C14H19N3O/c1-2-18-12-5-7-17(8-6-12)14-4-3-11(10-15)9-13(14)16/h3-4,9,12H,2,5-8,16H2,1H3. The van der Waals surface area contributed by atoms with Crippen molar-refractivity contribution in [2.24, 2.45) is 0 Å². The van der Waals surface area contributed by atoms with Crippen LogP contribution in [0.3, 0.4) is 0 Å². The number of hydrogen-bond donors (Lipinski definition) is 1. The molecule has 1 aliphatic rings. The molecule has 0 saturated carbocycles. The highest BCUT2D eigenvalue weighted by Gasteiger charge is 2.20. The monoisotopic (exact) mass is 245 g/mol. The van der Waals surface area contributed by atoms with Gasteiger partial charge in [0.05, 0.1) is 29.1 Å². The van der Waals surface area contributed by atoms with Crippen molar-refractivity contribution in [3.8, 4) is 6.07 Å². The van der Waals surface area contributed by atoms with Crippen LogP contribution in [-0.4, -0.2) is 25.8 Å². The van der Waals surface area contributed by atoms with E-state index >= 15 is 0 Å². The zero-order valence-electron chi connectivity index (χ0n) is 10.7. The van der Waals surface area contributed by atoms with Gasteiger partial charge in [0.15, 0.2) is 0 Å². The fraction of sp³-hybridized carbons (Fsp3) is 0.500. The Kier molecular flexibility index (Phi) is 4.06. The minimum atomic E-state index is 0.380. The van der Waals surface area contributed by atoms with Crippen LogP contribution in [0, 0.1) is 11.3 Å². The summed E-state index contributed by atoms with van der Waals surface area (Å²) in [6, 6.07) is 7.60. The number of anilines is 2. The maximum Gasteiger partial charge on any atom is 0.0992 e. The van der Waals surface area contributed by atoms with Crippen molar-refractivity contribution in [3.63, 3.8) is 0 Å². The molecule has 0 unspecified atom stereocenters. The van der Waals surface area contributed by atoms with Crippen molar-refractivity contribution in [1.82, 2.24) is 0 Å². The van der Waals surface area contributed by atoms with Crippen LogP contribution in [-0.2, 0) is 4.74 Å². The van der Waals surface area contributed by atoms with Gasteiger partial charge in [0, 0.05) is 19.7 Å². The summed E-state index contributed by atoms with van der Waals surface area (Å²) in [6.07, 6.45) is 2.45. The largest absolute Gasteiger partial charge is 0.397 e. The van der Waals surface area contributed by atoms with E-state index in [2.05, 4.69) is 11.0 Å². The van der Waals surface area contributed by atoms with Gasteiger partial charge in [-0.1, -0.05) is 0 Å². The lowest BCUT2D eigenvalue weighted by molar-refractivity contribution is 0.0459. The molecule has 0 radical (unpaired) electrons. The van der Waals surface area contributed by atoms with E-state index in [-0.39, 0.29) is 0 Å². The molecule has 2 N–H and O–H groups in total. The highest BCUT2D eigenvalue weighted by atomic mass is 16.5. The Morgan fingerprint density at radius 2 is 2.17 bits per heavy atom. The van der Waals surface area contributed by atoms with E-state index in [1.807, 2.05) is 19.1 Å². The second kappa shape index (κ2) is 5.74. The quantitative estimate of drug-likeness (QED) is 0.829. The molecule has 1 aromatic rings. The number of piperidine rings is 1. The molecule has 0 aliphatic carbocycles. The molecule has 0 atom stereocenters. The average Bonchev–Trinajstić information content (AvgIpc) is 2.40. The summed E-state index contributed by atoms with van der Waals surface area (Å²) in [5.41, 5.74) is 8.32. The molecule has 0 bridgehead atoms. The van der Waals surface area contributed by atoms with Crippen LogP contribution in [0.1, 0.15) is 25.3 Å². The Balaban J connectivity index is 2.04. The molecule has 1 fully saturated rings. The lowest BCUT2D eigenvalue weighted by Gasteiger charge is -2.34. The zero-order valence-corrected chi connectivity index (χ0v) is 10.7. The van der Waals surface area contributed by atoms with Gasteiger partial charge >= 0.3 is 0 Å². The van der Waals surface area contributed by atoms with Crippen LogP contribution in [0.2, 0.25) is 0 Å². The molecule has 2 rings (SSSR count). The zero-order chi connectivity index (χ0) is 13.0. The van der Waals surface area contributed by atoms with E-state index in [4.69, 9.17) is 15.7 Å². The van der Waals surface area contributed by atoms with Crippen molar-refractivity contribution < 1.29 is 4.74 Å². The summed E-state index contributed by atoms with van der Waals surface area (Å²) in [4.78, 5) is 2.27. The van der Waals surface area contributed by atoms with Gasteiger partial charge in [-0.3, -0.25) is 0 Å². The maximum absolute atomic E-state index is 8.82. The third kappa shape index (κ3) is 2.74. The summed E-state index contributed by atoms with van der Waals surface area (Å²) in [5, 5.41) is 8.82. The first-order valence-electron chi connectivity index (χ1n) is 6.40. The Morgan fingerprint density at radius 1 is 1.44 bits per heavy atom. The molecule has 1 saturated heterocycles. The molecular weight excluding hydrogens is 226 g/mol. The lowest BCUT2D eigenvalue weighted by Crippen LogP contribution is -2.37. The van der Waals surface area contributed by atoms with Gasteiger partial charge in [0.25, 0.3) is 0 Å². The minimum Gasteiger partial charge on any atom is -0.397 e. The van der Waals surface area contributed by atoms with Crippen molar-refractivity contribution in [2.75, 3.05) is 30.3 Å². The first kappa shape index (κ1) is 12.7.